The minimum absolute atomic E-state index is 0.198. The van der Waals surface area contributed by atoms with Crippen molar-refractivity contribution in [2.24, 2.45) is 0 Å². The number of hydrogen-bond donors (Lipinski definition) is 2. The van der Waals surface area contributed by atoms with Crippen LogP contribution in [0.15, 0.2) is 9.31 Å². The van der Waals surface area contributed by atoms with Gasteiger partial charge < -0.3 is 14.5 Å². The quantitative estimate of drug-likeness (QED) is 0.724. The van der Waals surface area contributed by atoms with E-state index in [1.807, 2.05) is 13.8 Å². The van der Waals surface area contributed by atoms with Gasteiger partial charge in [0, 0.05) is 31.9 Å². The zero-order valence-electron chi connectivity index (χ0n) is 13.4. The van der Waals surface area contributed by atoms with E-state index in [2.05, 4.69) is 10.0 Å². The number of nitrogens with one attached hydrogen (secondary N) is 2. The van der Waals surface area contributed by atoms with Gasteiger partial charge in [-0.3, -0.25) is 0 Å². The highest BCUT2D eigenvalue weighted by atomic mass is 32.2. The lowest BCUT2D eigenvalue weighted by Crippen LogP contribution is -2.34. The number of rotatable bonds is 9. The smallest absolute Gasteiger partial charge is 0.244 e. The minimum atomic E-state index is -3.60. The first-order valence-corrected chi connectivity index (χ1v) is 8.62. The van der Waals surface area contributed by atoms with E-state index in [-0.39, 0.29) is 10.9 Å². The maximum atomic E-state index is 12.6. The van der Waals surface area contributed by atoms with Crippen LogP contribution in [0.5, 0.6) is 0 Å². The first-order valence-electron chi connectivity index (χ1n) is 7.14. The van der Waals surface area contributed by atoms with Crippen molar-refractivity contribution in [2.45, 2.75) is 51.6 Å². The van der Waals surface area contributed by atoms with Crippen molar-refractivity contribution in [2.75, 3.05) is 20.3 Å². The summed E-state index contributed by atoms with van der Waals surface area (Å²) in [7, 11) is -2.00. The van der Waals surface area contributed by atoms with Crippen LogP contribution in [-0.4, -0.2) is 34.7 Å². The van der Waals surface area contributed by atoms with Gasteiger partial charge in [-0.1, -0.05) is 6.92 Å². The topological polar surface area (TPSA) is 80.6 Å². The van der Waals surface area contributed by atoms with Crippen LogP contribution >= 0.6 is 0 Å². The second-order valence-corrected chi connectivity index (χ2v) is 6.76. The number of furan rings is 1. The molecule has 1 heterocycles. The average molecular weight is 318 g/mol. The predicted molar refractivity (Wildman–Crippen MR) is 81.8 cm³/mol. The van der Waals surface area contributed by atoms with Crippen molar-refractivity contribution in [3.8, 4) is 0 Å². The lowest BCUT2D eigenvalue weighted by molar-refractivity contribution is 0.188. The summed E-state index contributed by atoms with van der Waals surface area (Å²) in [6.45, 7) is 9.01. The number of hydrogen-bond acceptors (Lipinski definition) is 5. The highest BCUT2D eigenvalue weighted by molar-refractivity contribution is 7.89. The Morgan fingerprint density at radius 2 is 1.95 bits per heavy atom. The van der Waals surface area contributed by atoms with Gasteiger partial charge in [0.2, 0.25) is 10.0 Å². The maximum absolute atomic E-state index is 12.6. The molecule has 1 aromatic rings. The van der Waals surface area contributed by atoms with Crippen molar-refractivity contribution in [1.29, 1.82) is 0 Å². The van der Waals surface area contributed by atoms with Crippen molar-refractivity contribution in [3.05, 3.63) is 17.1 Å². The van der Waals surface area contributed by atoms with Crippen molar-refractivity contribution in [1.82, 2.24) is 10.0 Å². The molecule has 6 nitrogen and oxygen atoms in total. The summed E-state index contributed by atoms with van der Waals surface area (Å²) in [5.41, 5.74) is 0.695. The van der Waals surface area contributed by atoms with Crippen LogP contribution < -0.4 is 10.0 Å². The molecule has 0 radical (unpaired) electrons. The lowest BCUT2D eigenvalue weighted by Gasteiger charge is -2.14. The molecule has 0 aliphatic carbocycles. The third kappa shape index (κ3) is 4.81. The minimum Gasteiger partial charge on any atom is -0.465 e. The fourth-order valence-electron chi connectivity index (χ4n) is 2.19. The number of methoxy groups -OCH3 is 1. The Balaban J connectivity index is 3.01. The van der Waals surface area contributed by atoms with Crippen molar-refractivity contribution >= 4 is 10.0 Å². The summed E-state index contributed by atoms with van der Waals surface area (Å²) < 4.78 is 38.3. The summed E-state index contributed by atoms with van der Waals surface area (Å²) in [6, 6.07) is -0.198. The van der Waals surface area contributed by atoms with Crippen molar-refractivity contribution in [3.63, 3.8) is 0 Å². The van der Waals surface area contributed by atoms with Crippen LogP contribution in [0.1, 0.15) is 37.4 Å². The first-order chi connectivity index (χ1) is 9.83. The highest BCUT2D eigenvalue weighted by Gasteiger charge is 2.27. The van der Waals surface area contributed by atoms with Crippen LogP contribution in [0.2, 0.25) is 0 Å². The highest BCUT2D eigenvalue weighted by Crippen LogP contribution is 2.26. The van der Waals surface area contributed by atoms with E-state index in [1.165, 1.54) is 0 Å². The third-order valence-electron chi connectivity index (χ3n) is 3.26. The van der Waals surface area contributed by atoms with Crippen LogP contribution in [-0.2, 0) is 21.3 Å². The molecule has 0 saturated heterocycles. The Hall–Kier alpha value is -0.890. The van der Waals surface area contributed by atoms with E-state index in [1.54, 1.807) is 21.0 Å². The monoisotopic (exact) mass is 318 g/mol. The molecule has 1 aromatic heterocycles. The molecule has 0 amide bonds. The predicted octanol–water partition coefficient (Wildman–Crippen LogP) is 1.71. The molecule has 1 atom stereocenters. The van der Waals surface area contributed by atoms with Gasteiger partial charge in [0.1, 0.15) is 16.4 Å². The molecular formula is C14H26N2O4S. The van der Waals surface area contributed by atoms with E-state index < -0.39 is 10.0 Å². The molecule has 0 fully saturated rings. The number of sulfonamides is 1. The van der Waals surface area contributed by atoms with E-state index in [0.29, 0.717) is 36.7 Å². The Morgan fingerprint density at radius 1 is 1.29 bits per heavy atom. The van der Waals surface area contributed by atoms with Gasteiger partial charge in [-0.15, -0.1) is 0 Å². The van der Waals surface area contributed by atoms with Crippen molar-refractivity contribution < 1.29 is 17.6 Å². The molecule has 0 aliphatic heterocycles. The third-order valence-corrected chi connectivity index (χ3v) is 5.04. The molecular weight excluding hydrogens is 292 g/mol. The summed E-state index contributed by atoms with van der Waals surface area (Å²) in [5.74, 6) is 1.06. The van der Waals surface area contributed by atoms with Gasteiger partial charge in [0.15, 0.2) is 0 Å². The summed E-state index contributed by atoms with van der Waals surface area (Å²) in [5, 5.41) is 3.15. The van der Waals surface area contributed by atoms with Gasteiger partial charge in [-0.25, -0.2) is 13.1 Å². The van der Waals surface area contributed by atoms with E-state index in [0.717, 1.165) is 6.54 Å². The fourth-order valence-corrected chi connectivity index (χ4v) is 3.92. The zero-order valence-corrected chi connectivity index (χ0v) is 14.3. The molecule has 1 unspecified atom stereocenters. The first kappa shape index (κ1) is 18.2. The van der Waals surface area contributed by atoms with Crippen LogP contribution in [0.3, 0.4) is 0 Å². The lowest BCUT2D eigenvalue weighted by atomic mass is 10.2. The largest absolute Gasteiger partial charge is 0.465 e. The molecule has 0 saturated carbocycles. The van der Waals surface area contributed by atoms with Gasteiger partial charge in [0.05, 0.1) is 0 Å². The van der Waals surface area contributed by atoms with Crippen LogP contribution in [0, 0.1) is 13.8 Å². The van der Waals surface area contributed by atoms with Gasteiger partial charge >= 0.3 is 0 Å². The molecule has 1 rings (SSSR count). The fraction of sp³-hybridized carbons (Fsp3) is 0.714. The van der Waals surface area contributed by atoms with Gasteiger partial charge in [-0.05, 0) is 33.7 Å². The van der Waals surface area contributed by atoms with Gasteiger partial charge in [-0.2, -0.15) is 0 Å². The molecule has 2 N–H and O–H groups in total. The molecule has 0 aromatic carbocycles. The Bertz CT molecular complexity index is 552. The Kier molecular flexibility index (Phi) is 6.86. The second-order valence-electron chi connectivity index (χ2n) is 5.11. The average Bonchev–Trinajstić information content (AvgIpc) is 2.68. The van der Waals surface area contributed by atoms with Crippen LogP contribution in [0.25, 0.3) is 0 Å². The standard InChI is InChI=1S/C14H26N2O4S/c1-6-15-9-13-11(3)20-12(4)14(13)21(17,18)16-10(2)7-8-19-5/h10,15-16H,6-9H2,1-5H3. The maximum Gasteiger partial charge on any atom is 0.244 e. The SMILES string of the molecule is CCNCc1c(C)oc(C)c1S(=O)(=O)NC(C)CCOC. The molecule has 0 bridgehead atoms. The zero-order chi connectivity index (χ0) is 16.0. The molecule has 7 heteroatoms. The number of ether oxygens (including phenoxy) is 1. The normalized spacial score (nSPS) is 13.6. The Morgan fingerprint density at radius 3 is 2.52 bits per heavy atom. The molecule has 21 heavy (non-hydrogen) atoms. The van der Waals surface area contributed by atoms with E-state index >= 15 is 0 Å². The molecule has 0 aliphatic rings. The van der Waals surface area contributed by atoms with E-state index in [9.17, 15) is 8.42 Å². The molecule has 122 valence electrons. The van der Waals surface area contributed by atoms with Gasteiger partial charge in [0.25, 0.3) is 0 Å². The Labute approximate surface area is 127 Å². The second kappa shape index (κ2) is 7.93. The molecule has 0 spiro atoms. The summed E-state index contributed by atoms with van der Waals surface area (Å²) >= 11 is 0. The summed E-state index contributed by atoms with van der Waals surface area (Å²) in [4.78, 5) is 0.255. The number of aryl methyl sites for hydroxylation is 2. The summed E-state index contributed by atoms with van der Waals surface area (Å²) in [6.07, 6.45) is 0.619. The van der Waals surface area contributed by atoms with Crippen LogP contribution in [0.4, 0.5) is 0 Å². The van der Waals surface area contributed by atoms with E-state index in [4.69, 9.17) is 9.15 Å².